The molecule has 2 aliphatic heterocycles. The van der Waals surface area contributed by atoms with Gasteiger partial charge in [-0.15, -0.1) is 0 Å². The van der Waals surface area contributed by atoms with Gasteiger partial charge in [0.1, 0.15) is 11.5 Å². The van der Waals surface area contributed by atoms with Gasteiger partial charge >= 0.3 is 7.48 Å². The first-order valence-corrected chi connectivity index (χ1v) is 6.46. The van der Waals surface area contributed by atoms with Crippen LogP contribution in [0.5, 0.6) is 11.5 Å². The summed E-state index contributed by atoms with van der Waals surface area (Å²) in [6.07, 6.45) is 0. The van der Waals surface area contributed by atoms with E-state index >= 15 is 0 Å². The summed E-state index contributed by atoms with van der Waals surface area (Å²) in [5, 5.41) is 2.25. The summed E-state index contributed by atoms with van der Waals surface area (Å²) < 4.78 is 11.0. The Morgan fingerprint density at radius 3 is 2.67 bits per heavy atom. The molecule has 5 nitrogen and oxygen atoms in total. The van der Waals surface area contributed by atoms with E-state index in [2.05, 4.69) is 5.32 Å². The van der Waals surface area contributed by atoms with Gasteiger partial charge in [0.2, 0.25) is 0 Å². The van der Waals surface area contributed by atoms with Crippen molar-refractivity contribution >= 4 is 24.8 Å². The highest BCUT2D eigenvalue weighted by Crippen LogP contribution is 2.27. The van der Waals surface area contributed by atoms with E-state index in [4.69, 9.17) is 9.39 Å². The van der Waals surface area contributed by atoms with E-state index in [1.165, 1.54) is 0 Å². The lowest BCUT2D eigenvalue weighted by Crippen LogP contribution is -2.19. The van der Waals surface area contributed by atoms with E-state index in [0.29, 0.717) is 29.2 Å². The Balaban J connectivity index is 1.65. The molecule has 101 valence electrons. The number of imide groups is 1. The first-order valence-electron chi connectivity index (χ1n) is 6.46. The maximum absolute atomic E-state index is 11.6. The molecule has 4 rings (SSSR count). The molecule has 2 aromatic carbocycles. The van der Waals surface area contributed by atoms with E-state index in [1.807, 2.05) is 18.2 Å². The van der Waals surface area contributed by atoms with E-state index in [1.54, 1.807) is 25.7 Å². The molecule has 1 radical (unpaired) electrons. The predicted octanol–water partition coefficient (Wildman–Crippen LogP) is 1.14. The van der Waals surface area contributed by atoms with Gasteiger partial charge in [0.15, 0.2) is 0 Å². The summed E-state index contributed by atoms with van der Waals surface area (Å²) in [6, 6.07) is 10.5. The molecule has 0 spiro atoms. The van der Waals surface area contributed by atoms with Crippen LogP contribution in [0.2, 0.25) is 0 Å². The van der Waals surface area contributed by atoms with Gasteiger partial charge in [0, 0.05) is 0 Å². The lowest BCUT2D eigenvalue weighted by Gasteiger charge is -2.08. The number of carbonyl (C=O) groups is 2. The molecule has 1 N–H and O–H groups in total. The van der Waals surface area contributed by atoms with Crippen LogP contribution in [0, 0.1) is 0 Å². The van der Waals surface area contributed by atoms with Crippen molar-refractivity contribution in [2.45, 2.75) is 6.61 Å². The van der Waals surface area contributed by atoms with E-state index in [-0.39, 0.29) is 5.91 Å². The van der Waals surface area contributed by atoms with Gasteiger partial charge in [0.25, 0.3) is 11.8 Å². The third-order valence-electron chi connectivity index (χ3n) is 3.51. The average Bonchev–Trinajstić information content (AvgIpc) is 3.04. The van der Waals surface area contributed by atoms with Gasteiger partial charge in [-0.3, -0.25) is 14.9 Å². The van der Waals surface area contributed by atoms with Crippen LogP contribution in [-0.4, -0.2) is 19.3 Å². The van der Waals surface area contributed by atoms with Crippen LogP contribution >= 0.6 is 0 Å². The Morgan fingerprint density at radius 2 is 1.76 bits per heavy atom. The highest BCUT2D eigenvalue weighted by atomic mass is 16.5. The Kier molecular flexibility index (Phi) is 2.58. The molecule has 0 fully saturated rings. The van der Waals surface area contributed by atoms with Crippen molar-refractivity contribution < 1.29 is 19.0 Å². The number of rotatable bonds is 2. The molecule has 6 heteroatoms. The molecule has 0 saturated heterocycles. The molecule has 21 heavy (non-hydrogen) atoms. The quantitative estimate of drug-likeness (QED) is 0.660. The van der Waals surface area contributed by atoms with Gasteiger partial charge in [-0.2, -0.15) is 0 Å². The Morgan fingerprint density at radius 1 is 1.00 bits per heavy atom. The number of carbonyl (C=O) groups excluding carboxylic acids is 2. The minimum absolute atomic E-state index is 0.343. The van der Waals surface area contributed by atoms with Gasteiger partial charge in [-0.05, 0) is 41.4 Å². The van der Waals surface area contributed by atoms with Crippen molar-refractivity contribution in [1.82, 2.24) is 5.32 Å². The molecule has 2 aliphatic rings. The predicted molar refractivity (Wildman–Crippen MR) is 74.9 cm³/mol. The molecule has 2 heterocycles. The van der Waals surface area contributed by atoms with Gasteiger partial charge in [-0.25, -0.2) is 0 Å². The molecule has 2 amide bonds. The van der Waals surface area contributed by atoms with Crippen molar-refractivity contribution in [3.05, 3.63) is 53.1 Å². The zero-order valence-corrected chi connectivity index (χ0v) is 10.9. The molecule has 0 aliphatic carbocycles. The summed E-state index contributed by atoms with van der Waals surface area (Å²) in [4.78, 5) is 23.1. The van der Waals surface area contributed by atoms with Crippen LogP contribution in [0.3, 0.4) is 0 Å². The third kappa shape index (κ3) is 2.00. The maximum Gasteiger partial charge on any atom is 0.330 e. The maximum atomic E-state index is 11.6. The summed E-state index contributed by atoms with van der Waals surface area (Å²) in [5.41, 5.74) is 2.82. The number of ether oxygens (including phenoxy) is 1. The number of benzene rings is 2. The SMILES string of the molecule is O=C1NC(=O)c2cc(Oc3ccc4c(c3)CO[B]4)ccc21. The van der Waals surface area contributed by atoms with Crippen molar-refractivity contribution in [1.29, 1.82) is 0 Å². The molecule has 0 aromatic heterocycles. The second kappa shape index (κ2) is 4.46. The van der Waals surface area contributed by atoms with Gasteiger partial charge in [-0.1, -0.05) is 6.07 Å². The molecule has 0 unspecified atom stereocenters. The summed E-state index contributed by atoms with van der Waals surface area (Å²) in [7, 11) is 1.71. The molecule has 2 aromatic rings. The number of nitrogens with one attached hydrogen (secondary N) is 1. The van der Waals surface area contributed by atoms with E-state index < -0.39 is 5.91 Å². The fraction of sp³-hybridized carbons (Fsp3) is 0.0667. The Hall–Kier alpha value is -2.60. The van der Waals surface area contributed by atoms with Crippen LogP contribution < -0.4 is 15.5 Å². The smallest absolute Gasteiger partial charge is 0.330 e. The van der Waals surface area contributed by atoms with Crippen molar-refractivity contribution in [2.75, 3.05) is 0 Å². The lowest BCUT2D eigenvalue weighted by atomic mass is 9.87. The topological polar surface area (TPSA) is 64.6 Å². The van der Waals surface area contributed by atoms with Crippen LogP contribution in [-0.2, 0) is 11.3 Å². The highest BCUT2D eigenvalue weighted by molar-refractivity contribution is 6.48. The molecular weight excluding hydrogens is 269 g/mol. The van der Waals surface area contributed by atoms with Crippen LogP contribution in [0.25, 0.3) is 0 Å². The largest absolute Gasteiger partial charge is 0.457 e. The molecular formula is C15H9BNO4. The zero-order chi connectivity index (χ0) is 14.4. The minimum atomic E-state index is -0.391. The van der Waals surface area contributed by atoms with E-state index in [9.17, 15) is 9.59 Å². The second-order valence-electron chi connectivity index (χ2n) is 4.88. The Bertz CT molecular complexity index is 787. The summed E-state index contributed by atoms with van der Waals surface area (Å²) in [5.74, 6) is 0.419. The normalized spacial score (nSPS) is 15.2. The van der Waals surface area contributed by atoms with E-state index in [0.717, 1.165) is 11.0 Å². The number of hydrogen-bond donors (Lipinski definition) is 1. The fourth-order valence-corrected chi connectivity index (χ4v) is 2.45. The van der Waals surface area contributed by atoms with Crippen LogP contribution in [0.4, 0.5) is 0 Å². The fourth-order valence-electron chi connectivity index (χ4n) is 2.45. The number of hydrogen-bond acceptors (Lipinski definition) is 4. The molecule has 0 saturated carbocycles. The number of fused-ring (bicyclic) bond motifs is 2. The Labute approximate surface area is 121 Å². The minimum Gasteiger partial charge on any atom is -0.457 e. The summed E-state index contributed by atoms with van der Waals surface area (Å²) in [6.45, 7) is 0.535. The monoisotopic (exact) mass is 278 g/mol. The number of amides is 2. The van der Waals surface area contributed by atoms with Crippen molar-refractivity contribution in [2.24, 2.45) is 0 Å². The second-order valence-corrected chi connectivity index (χ2v) is 4.88. The first-order chi connectivity index (χ1) is 10.2. The third-order valence-corrected chi connectivity index (χ3v) is 3.51. The van der Waals surface area contributed by atoms with Crippen molar-refractivity contribution in [3.8, 4) is 11.5 Å². The first kappa shape index (κ1) is 12.2. The average molecular weight is 278 g/mol. The summed E-state index contributed by atoms with van der Waals surface area (Å²) >= 11 is 0. The van der Waals surface area contributed by atoms with Gasteiger partial charge < -0.3 is 9.39 Å². The molecule has 0 bridgehead atoms. The van der Waals surface area contributed by atoms with Crippen LogP contribution in [0.1, 0.15) is 26.3 Å². The molecule has 0 atom stereocenters. The van der Waals surface area contributed by atoms with Crippen LogP contribution in [0.15, 0.2) is 36.4 Å². The zero-order valence-electron chi connectivity index (χ0n) is 10.9. The van der Waals surface area contributed by atoms with Gasteiger partial charge in [0.05, 0.1) is 17.7 Å². The lowest BCUT2D eigenvalue weighted by molar-refractivity contribution is 0.0879. The highest BCUT2D eigenvalue weighted by Gasteiger charge is 2.27. The standard InChI is InChI=1S/C15H9BNO4/c18-14-11-3-1-10(6-12(11)15(19)17-14)21-9-2-4-13-8(5-9)7-20-16-13/h1-6H,7H2,(H,17,18,19). The van der Waals surface area contributed by atoms with Crippen molar-refractivity contribution in [3.63, 3.8) is 0 Å².